The second kappa shape index (κ2) is 14.0. The van der Waals surface area contributed by atoms with Gasteiger partial charge in [0.2, 0.25) is 11.8 Å². The van der Waals surface area contributed by atoms with Crippen LogP contribution >= 0.6 is 23.2 Å². The molecule has 7 nitrogen and oxygen atoms in total. The molecule has 0 fully saturated rings. The molecule has 0 heterocycles. The molecule has 1 N–H and O–H groups in total. The van der Waals surface area contributed by atoms with Crippen molar-refractivity contribution in [3.63, 3.8) is 0 Å². The summed E-state index contributed by atoms with van der Waals surface area (Å²) >= 11 is 12.4. The van der Waals surface area contributed by atoms with Crippen LogP contribution in [0.5, 0.6) is 0 Å². The van der Waals surface area contributed by atoms with E-state index in [9.17, 15) is 18.0 Å². The van der Waals surface area contributed by atoms with E-state index in [-0.39, 0.29) is 33.1 Å². The van der Waals surface area contributed by atoms with Gasteiger partial charge in [-0.3, -0.25) is 13.9 Å². The summed E-state index contributed by atoms with van der Waals surface area (Å²) in [6, 6.07) is 17.6. The minimum atomic E-state index is -4.19. The van der Waals surface area contributed by atoms with Crippen molar-refractivity contribution < 1.29 is 18.0 Å². The Balaban J connectivity index is 2.07. The highest BCUT2D eigenvalue weighted by Crippen LogP contribution is 2.31. The van der Waals surface area contributed by atoms with Gasteiger partial charge in [-0.15, -0.1) is 0 Å². The molecular weight excluding hydrogens is 569 g/mol. The molecule has 0 aromatic heterocycles. The Labute approximate surface area is 247 Å². The molecular formula is C30H35Cl2N3O4S. The van der Waals surface area contributed by atoms with Crippen molar-refractivity contribution in [2.75, 3.05) is 17.4 Å². The molecule has 0 aliphatic rings. The molecule has 0 saturated heterocycles. The largest absolute Gasteiger partial charge is 0.354 e. The first-order valence-electron chi connectivity index (χ1n) is 13.1. The molecule has 0 saturated carbocycles. The van der Waals surface area contributed by atoms with Crippen molar-refractivity contribution in [2.45, 2.75) is 58.0 Å². The average Bonchev–Trinajstić information content (AvgIpc) is 2.93. The van der Waals surface area contributed by atoms with Crippen LogP contribution in [0.4, 0.5) is 5.69 Å². The molecule has 0 spiro atoms. The van der Waals surface area contributed by atoms with Gasteiger partial charge in [0.1, 0.15) is 12.6 Å². The Bertz CT molecular complexity index is 1430. The van der Waals surface area contributed by atoms with E-state index in [2.05, 4.69) is 5.32 Å². The van der Waals surface area contributed by atoms with Crippen molar-refractivity contribution in [2.24, 2.45) is 0 Å². The summed E-state index contributed by atoms with van der Waals surface area (Å²) in [5, 5.41) is 3.28. The van der Waals surface area contributed by atoms with Gasteiger partial charge in [-0.2, -0.15) is 0 Å². The minimum absolute atomic E-state index is 0.0230. The van der Waals surface area contributed by atoms with Crippen LogP contribution in [-0.2, 0) is 26.2 Å². The Morgan fingerprint density at radius 2 is 1.48 bits per heavy atom. The molecule has 0 radical (unpaired) electrons. The van der Waals surface area contributed by atoms with Crippen LogP contribution in [0.15, 0.2) is 71.6 Å². The van der Waals surface area contributed by atoms with E-state index in [4.69, 9.17) is 23.2 Å². The number of hydrogen-bond donors (Lipinski definition) is 1. The molecule has 3 aromatic rings. The van der Waals surface area contributed by atoms with Gasteiger partial charge in [0.25, 0.3) is 10.0 Å². The summed E-state index contributed by atoms with van der Waals surface area (Å²) in [7, 11) is -4.19. The first-order valence-corrected chi connectivity index (χ1v) is 15.3. The zero-order chi connectivity index (χ0) is 29.4. The lowest BCUT2D eigenvalue weighted by Gasteiger charge is -2.33. The lowest BCUT2D eigenvalue weighted by molar-refractivity contribution is -0.140. The van der Waals surface area contributed by atoms with Crippen molar-refractivity contribution in [3.8, 4) is 0 Å². The van der Waals surface area contributed by atoms with E-state index in [0.717, 1.165) is 27.4 Å². The maximum atomic E-state index is 14.0. The fourth-order valence-corrected chi connectivity index (χ4v) is 5.88. The Morgan fingerprint density at radius 1 is 0.875 bits per heavy atom. The van der Waals surface area contributed by atoms with Crippen LogP contribution < -0.4 is 9.62 Å². The third-order valence-electron chi connectivity index (χ3n) is 6.49. The van der Waals surface area contributed by atoms with Gasteiger partial charge in [-0.05, 0) is 62.6 Å². The molecule has 0 aliphatic carbocycles. The predicted molar refractivity (Wildman–Crippen MR) is 161 cm³/mol. The topological polar surface area (TPSA) is 86.8 Å². The van der Waals surface area contributed by atoms with Crippen molar-refractivity contribution in [1.82, 2.24) is 10.2 Å². The summed E-state index contributed by atoms with van der Waals surface area (Å²) in [4.78, 5) is 28.7. The Morgan fingerprint density at radius 3 is 2.02 bits per heavy atom. The van der Waals surface area contributed by atoms with Crippen LogP contribution in [0.1, 0.15) is 43.4 Å². The number of nitrogens with zero attached hydrogens (tertiary/aromatic N) is 2. The molecule has 2 amide bonds. The van der Waals surface area contributed by atoms with E-state index in [1.54, 1.807) is 12.1 Å². The van der Waals surface area contributed by atoms with Crippen molar-refractivity contribution in [1.29, 1.82) is 0 Å². The van der Waals surface area contributed by atoms with Gasteiger partial charge in [0, 0.05) is 13.1 Å². The number of hydrogen-bond acceptors (Lipinski definition) is 4. The third kappa shape index (κ3) is 7.77. The third-order valence-corrected chi connectivity index (χ3v) is 9.01. The van der Waals surface area contributed by atoms with E-state index >= 15 is 0 Å². The molecule has 214 valence electrons. The number of aryl methyl sites for hydroxylation is 2. The van der Waals surface area contributed by atoms with Crippen molar-refractivity contribution in [3.05, 3.63) is 93.5 Å². The van der Waals surface area contributed by atoms with Crippen LogP contribution in [0.3, 0.4) is 0 Å². The van der Waals surface area contributed by atoms with Gasteiger partial charge in [0.15, 0.2) is 0 Å². The normalized spacial score (nSPS) is 12.1. The summed E-state index contributed by atoms with van der Waals surface area (Å²) in [6.45, 7) is 7.65. The number of halogens is 2. The lowest BCUT2D eigenvalue weighted by atomic mass is 10.1. The van der Waals surface area contributed by atoms with Gasteiger partial charge in [-0.25, -0.2) is 8.42 Å². The van der Waals surface area contributed by atoms with Gasteiger partial charge in [-0.1, -0.05) is 84.6 Å². The number of carbonyl (C=O) groups excluding carboxylic acids is 2. The van der Waals surface area contributed by atoms with E-state index in [1.807, 2.05) is 52.0 Å². The quantitative estimate of drug-likeness (QED) is 0.269. The average molecular weight is 605 g/mol. The number of carbonyl (C=O) groups is 2. The monoisotopic (exact) mass is 603 g/mol. The molecule has 10 heteroatoms. The second-order valence-electron chi connectivity index (χ2n) is 9.65. The molecule has 1 unspecified atom stereocenters. The Hall–Kier alpha value is -3.07. The molecule has 3 rings (SSSR count). The first-order chi connectivity index (χ1) is 19.0. The summed E-state index contributed by atoms with van der Waals surface area (Å²) < 4.78 is 28.8. The van der Waals surface area contributed by atoms with Crippen LogP contribution in [-0.4, -0.2) is 44.3 Å². The number of sulfonamides is 1. The van der Waals surface area contributed by atoms with Crippen LogP contribution in [0.25, 0.3) is 0 Å². The summed E-state index contributed by atoms with van der Waals surface area (Å²) in [5.41, 5.74) is 2.96. The number of nitrogens with one attached hydrogen (secondary N) is 1. The standard InChI is InChI=1S/C30H35Cl2N3O4S/c1-5-17-33-30(37)28(6-2)34(19-23-11-7-21(3)8-12-23)29(36)20-35(24-13-16-26(31)27(32)18-24)40(38,39)25-14-9-22(4)10-15-25/h7-16,18,28H,5-6,17,19-20H2,1-4H3,(H,33,37). The minimum Gasteiger partial charge on any atom is -0.354 e. The van der Waals surface area contributed by atoms with Crippen molar-refractivity contribution >= 4 is 50.7 Å². The zero-order valence-electron chi connectivity index (χ0n) is 23.2. The Kier molecular flexibility index (Phi) is 11.0. The van der Waals surface area contributed by atoms with Gasteiger partial charge >= 0.3 is 0 Å². The highest BCUT2D eigenvalue weighted by Gasteiger charge is 2.33. The molecule has 40 heavy (non-hydrogen) atoms. The van der Waals surface area contributed by atoms with E-state index in [1.165, 1.54) is 35.2 Å². The number of anilines is 1. The summed E-state index contributed by atoms with van der Waals surface area (Å²) in [6.07, 6.45) is 1.10. The smallest absolute Gasteiger partial charge is 0.264 e. The predicted octanol–water partition coefficient (Wildman–Crippen LogP) is 6.14. The highest BCUT2D eigenvalue weighted by molar-refractivity contribution is 7.92. The lowest BCUT2D eigenvalue weighted by Crippen LogP contribution is -2.52. The van der Waals surface area contributed by atoms with Gasteiger partial charge < -0.3 is 10.2 Å². The number of rotatable bonds is 12. The number of benzene rings is 3. The zero-order valence-corrected chi connectivity index (χ0v) is 25.5. The molecule has 3 aromatic carbocycles. The maximum Gasteiger partial charge on any atom is 0.264 e. The molecule has 0 bridgehead atoms. The van der Waals surface area contributed by atoms with E-state index in [0.29, 0.717) is 13.0 Å². The first kappa shape index (κ1) is 31.5. The fourth-order valence-electron chi connectivity index (χ4n) is 4.18. The van der Waals surface area contributed by atoms with E-state index < -0.39 is 28.5 Å². The molecule has 1 atom stereocenters. The van der Waals surface area contributed by atoms with Crippen LogP contribution in [0, 0.1) is 13.8 Å². The highest BCUT2D eigenvalue weighted by atomic mass is 35.5. The molecule has 0 aliphatic heterocycles. The van der Waals surface area contributed by atoms with Gasteiger partial charge in [0.05, 0.1) is 20.6 Å². The summed E-state index contributed by atoms with van der Waals surface area (Å²) in [5.74, 6) is -0.812. The van der Waals surface area contributed by atoms with Crippen LogP contribution in [0.2, 0.25) is 10.0 Å². The second-order valence-corrected chi connectivity index (χ2v) is 12.3. The number of amides is 2. The SMILES string of the molecule is CCCNC(=O)C(CC)N(Cc1ccc(C)cc1)C(=O)CN(c1ccc(Cl)c(Cl)c1)S(=O)(=O)c1ccc(C)cc1. The maximum absolute atomic E-state index is 14.0. The fraction of sp³-hybridized carbons (Fsp3) is 0.333.